The predicted octanol–water partition coefficient (Wildman–Crippen LogP) is 1.23. The van der Waals surface area contributed by atoms with Gasteiger partial charge in [0, 0.05) is 0 Å². The Kier molecular flexibility index (Phi) is 1.48. The zero-order valence-corrected chi connectivity index (χ0v) is 6.22. The SMILES string of the molecule is CC(C)(S)c1nnco1. The molecule has 1 aromatic heterocycles. The lowest BCUT2D eigenvalue weighted by Gasteiger charge is -2.09. The highest BCUT2D eigenvalue weighted by Crippen LogP contribution is 2.23. The van der Waals surface area contributed by atoms with Crippen molar-refractivity contribution in [3.05, 3.63) is 12.3 Å². The van der Waals surface area contributed by atoms with Gasteiger partial charge in [-0.1, -0.05) is 0 Å². The molecule has 1 rings (SSSR count). The van der Waals surface area contributed by atoms with Crippen LogP contribution in [0.5, 0.6) is 0 Å². The molecule has 50 valence electrons. The molecule has 0 aliphatic carbocycles. The van der Waals surface area contributed by atoms with E-state index in [2.05, 4.69) is 22.8 Å². The van der Waals surface area contributed by atoms with Crippen molar-refractivity contribution in [2.24, 2.45) is 0 Å². The zero-order valence-electron chi connectivity index (χ0n) is 5.33. The average molecular weight is 144 g/mol. The van der Waals surface area contributed by atoms with Crippen LogP contribution in [0.3, 0.4) is 0 Å². The lowest BCUT2D eigenvalue weighted by atomic mass is 10.2. The molecule has 0 spiro atoms. The van der Waals surface area contributed by atoms with Crippen LogP contribution in [0.1, 0.15) is 19.7 Å². The highest BCUT2D eigenvalue weighted by atomic mass is 32.1. The summed E-state index contributed by atoms with van der Waals surface area (Å²) in [5.41, 5.74) is 0. The summed E-state index contributed by atoms with van der Waals surface area (Å²) in [7, 11) is 0. The van der Waals surface area contributed by atoms with E-state index in [1.807, 2.05) is 13.8 Å². The van der Waals surface area contributed by atoms with Crippen LogP contribution in [0.2, 0.25) is 0 Å². The minimum atomic E-state index is -0.323. The molecule has 0 saturated carbocycles. The van der Waals surface area contributed by atoms with Crippen LogP contribution >= 0.6 is 12.6 Å². The smallest absolute Gasteiger partial charge is 0.231 e. The molecule has 0 N–H and O–H groups in total. The van der Waals surface area contributed by atoms with Crippen molar-refractivity contribution in [3.63, 3.8) is 0 Å². The summed E-state index contributed by atoms with van der Waals surface area (Å²) >= 11 is 4.21. The van der Waals surface area contributed by atoms with E-state index in [-0.39, 0.29) is 4.75 Å². The van der Waals surface area contributed by atoms with Crippen LogP contribution in [0, 0.1) is 0 Å². The Morgan fingerprint density at radius 2 is 2.33 bits per heavy atom. The van der Waals surface area contributed by atoms with Crippen LogP contribution in [0.15, 0.2) is 10.8 Å². The molecule has 1 aromatic rings. The largest absolute Gasteiger partial charge is 0.427 e. The Hall–Kier alpha value is -0.510. The molecular weight excluding hydrogens is 136 g/mol. The molecule has 3 nitrogen and oxygen atoms in total. The summed E-state index contributed by atoms with van der Waals surface area (Å²) in [6.07, 6.45) is 1.30. The van der Waals surface area contributed by atoms with Crippen molar-refractivity contribution >= 4 is 12.6 Å². The van der Waals surface area contributed by atoms with Gasteiger partial charge in [-0.25, -0.2) is 0 Å². The number of aromatic nitrogens is 2. The van der Waals surface area contributed by atoms with Gasteiger partial charge in [0.1, 0.15) is 0 Å². The van der Waals surface area contributed by atoms with Crippen LogP contribution in [0.25, 0.3) is 0 Å². The summed E-state index contributed by atoms with van der Waals surface area (Å²) in [6, 6.07) is 0. The van der Waals surface area contributed by atoms with E-state index >= 15 is 0 Å². The molecule has 0 aliphatic rings. The fourth-order valence-electron chi connectivity index (χ4n) is 0.440. The van der Waals surface area contributed by atoms with E-state index < -0.39 is 0 Å². The number of rotatable bonds is 1. The maximum absolute atomic E-state index is 4.90. The summed E-state index contributed by atoms with van der Waals surface area (Å²) < 4.78 is 4.58. The zero-order chi connectivity index (χ0) is 6.91. The third-order valence-corrected chi connectivity index (χ3v) is 1.07. The van der Waals surface area contributed by atoms with Gasteiger partial charge in [-0.15, -0.1) is 10.2 Å². The number of hydrogen-bond acceptors (Lipinski definition) is 4. The highest BCUT2D eigenvalue weighted by molar-refractivity contribution is 7.81. The summed E-state index contributed by atoms with van der Waals surface area (Å²) in [4.78, 5) is 0. The van der Waals surface area contributed by atoms with E-state index in [9.17, 15) is 0 Å². The van der Waals surface area contributed by atoms with E-state index in [1.54, 1.807) is 0 Å². The normalized spacial score (nSPS) is 11.9. The first-order valence-electron chi connectivity index (χ1n) is 2.60. The first-order valence-corrected chi connectivity index (χ1v) is 3.04. The van der Waals surface area contributed by atoms with Gasteiger partial charge in [0.2, 0.25) is 12.3 Å². The predicted molar refractivity (Wildman–Crippen MR) is 36.3 cm³/mol. The van der Waals surface area contributed by atoms with Crippen LogP contribution in [-0.4, -0.2) is 10.2 Å². The number of hydrogen-bond donors (Lipinski definition) is 1. The Bertz CT molecular complexity index is 177. The van der Waals surface area contributed by atoms with Gasteiger partial charge < -0.3 is 4.42 Å². The summed E-state index contributed by atoms with van der Waals surface area (Å²) in [5, 5.41) is 7.22. The second kappa shape index (κ2) is 2.02. The molecule has 0 fully saturated rings. The van der Waals surface area contributed by atoms with Gasteiger partial charge in [0.15, 0.2) is 0 Å². The fourth-order valence-corrected chi connectivity index (χ4v) is 0.537. The molecular formula is C5H8N2OS. The van der Waals surface area contributed by atoms with E-state index in [4.69, 9.17) is 4.42 Å². The van der Waals surface area contributed by atoms with Gasteiger partial charge in [-0.05, 0) is 13.8 Å². The van der Waals surface area contributed by atoms with E-state index in [0.717, 1.165) is 0 Å². The van der Waals surface area contributed by atoms with Gasteiger partial charge in [-0.2, -0.15) is 12.6 Å². The molecule has 0 saturated heterocycles. The molecule has 0 atom stereocenters. The first-order chi connectivity index (χ1) is 4.11. The molecule has 0 radical (unpaired) electrons. The monoisotopic (exact) mass is 144 g/mol. The molecule has 0 aliphatic heterocycles. The standard InChI is InChI=1S/C5H8N2OS/c1-5(2,9)4-7-6-3-8-4/h3,9H,1-2H3. The van der Waals surface area contributed by atoms with E-state index in [1.165, 1.54) is 6.39 Å². The quantitative estimate of drug-likeness (QED) is 0.602. The number of nitrogens with zero attached hydrogens (tertiary/aromatic N) is 2. The molecule has 1 heterocycles. The molecule has 9 heavy (non-hydrogen) atoms. The van der Waals surface area contributed by atoms with E-state index in [0.29, 0.717) is 5.89 Å². The first kappa shape index (κ1) is 6.61. The van der Waals surface area contributed by atoms with Crippen molar-refractivity contribution in [2.45, 2.75) is 18.6 Å². The van der Waals surface area contributed by atoms with Crippen LogP contribution < -0.4 is 0 Å². The molecule has 0 bridgehead atoms. The summed E-state index contributed by atoms with van der Waals surface area (Å²) in [5.74, 6) is 0.547. The summed E-state index contributed by atoms with van der Waals surface area (Å²) in [6.45, 7) is 3.78. The Labute approximate surface area is 58.9 Å². The maximum atomic E-state index is 4.90. The average Bonchev–Trinajstić information content (AvgIpc) is 2.08. The van der Waals surface area contributed by atoms with Gasteiger partial charge in [0.05, 0.1) is 4.75 Å². The molecule has 0 amide bonds. The Morgan fingerprint density at radius 1 is 1.67 bits per heavy atom. The molecule has 0 aromatic carbocycles. The topological polar surface area (TPSA) is 38.9 Å². The maximum Gasteiger partial charge on any atom is 0.231 e. The van der Waals surface area contributed by atoms with Crippen molar-refractivity contribution in [3.8, 4) is 0 Å². The third-order valence-electron chi connectivity index (χ3n) is 0.883. The van der Waals surface area contributed by atoms with Crippen molar-refractivity contribution < 1.29 is 4.42 Å². The van der Waals surface area contributed by atoms with Crippen molar-refractivity contribution in [2.75, 3.05) is 0 Å². The highest BCUT2D eigenvalue weighted by Gasteiger charge is 2.19. The lowest BCUT2D eigenvalue weighted by Crippen LogP contribution is -2.07. The molecule has 0 unspecified atom stereocenters. The van der Waals surface area contributed by atoms with Crippen LogP contribution in [0.4, 0.5) is 0 Å². The Morgan fingerprint density at radius 3 is 2.56 bits per heavy atom. The second-order valence-electron chi connectivity index (χ2n) is 2.30. The Balaban J connectivity index is 2.90. The van der Waals surface area contributed by atoms with Crippen molar-refractivity contribution in [1.82, 2.24) is 10.2 Å². The minimum Gasteiger partial charge on any atom is -0.427 e. The number of thiol groups is 1. The second-order valence-corrected chi connectivity index (χ2v) is 3.42. The van der Waals surface area contributed by atoms with Gasteiger partial charge in [-0.3, -0.25) is 0 Å². The molecule has 4 heteroatoms. The minimum absolute atomic E-state index is 0.323. The lowest BCUT2D eigenvalue weighted by molar-refractivity contribution is 0.453. The van der Waals surface area contributed by atoms with Gasteiger partial charge >= 0.3 is 0 Å². The van der Waals surface area contributed by atoms with Gasteiger partial charge in [0.25, 0.3) is 0 Å². The fraction of sp³-hybridized carbons (Fsp3) is 0.600. The van der Waals surface area contributed by atoms with Crippen molar-refractivity contribution in [1.29, 1.82) is 0 Å². The third kappa shape index (κ3) is 1.45. The van der Waals surface area contributed by atoms with Crippen LogP contribution in [-0.2, 0) is 4.75 Å².